The smallest absolute Gasteiger partial charge is 0.414 e. The van der Waals surface area contributed by atoms with Crippen molar-refractivity contribution in [2.75, 3.05) is 6.61 Å². The van der Waals surface area contributed by atoms with Gasteiger partial charge in [0.25, 0.3) is 5.91 Å². The average molecular weight is 687 g/mol. The van der Waals surface area contributed by atoms with Crippen LogP contribution in [-0.4, -0.2) is 48.7 Å². The van der Waals surface area contributed by atoms with E-state index >= 15 is 0 Å². The van der Waals surface area contributed by atoms with E-state index in [2.05, 4.69) is 36.9 Å². The number of ether oxygens (including phenoxy) is 1. The summed E-state index contributed by atoms with van der Waals surface area (Å²) in [6.07, 6.45) is 5.32. The first-order valence-corrected chi connectivity index (χ1v) is 16.5. The molecule has 2 aliphatic rings. The number of alkyl halides is 3. The van der Waals surface area contributed by atoms with E-state index in [1.54, 1.807) is 27.8 Å². The highest BCUT2D eigenvalue weighted by molar-refractivity contribution is 6.67. The van der Waals surface area contributed by atoms with Crippen LogP contribution in [-0.2, 0) is 16.1 Å². The lowest BCUT2D eigenvalue weighted by Gasteiger charge is -2.33. The highest BCUT2D eigenvalue weighted by atomic mass is 35.6. The van der Waals surface area contributed by atoms with E-state index in [0.29, 0.717) is 24.1 Å². The number of carbonyl (C=O) groups excluding carboxylic acids is 3. The Kier molecular flexibility index (Phi) is 8.25. The molecule has 0 unspecified atom stereocenters. The zero-order chi connectivity index (χ0) is 32.9. The topological polar surface area (TPSA) is 71.9 Å². The fourth-order valence-electron chi connectivity index (χ4n) is 6.99. The lowest BCUT2D eigenvalue weighted by Crippen LogP contribution is -2.42. The summed E-state index contributed by atoms with van der Waals surface area (Å²) in [4.78, 5) is 44.9. The number of benzene rings is 4. The van der Waals surface area contributed by atoms with E-state index in [0.717, 1.165) is 38.1 Å². The first-order chi connectivity index (χ1) is 22.7. The third-order valence-electron chi connectivity index (χ3n) is 9.01. The monoisotopic (exact) mass is 685 g/mol. The predicted molar refractivity (Wildman–Crippen MR) is 188 cm³/mol. The van der Waals surface area contributed by atoms with Crippen molar-refractivity contribution < 1.29 is 19.1 Å². The first-order valence-electron chi connectivity index (χ1n) is 15.3. The molecule has 0 N–H and O–H groups in total. The fourth-order valence-corrected chi connectivity index (χ4v) is 7.16. The van der Waals surface area contributed by atoms with E-state index in [1.807, 2.05) is 48.5 Å². The van der Waals surface area contributed by atoms with Gasteiger partial charge in [0.2, 0.25) is 9.70 Å². The van der Waals surface area contributed by atoms with Gasteiger partial charge < -0.3 is 9.64 Å². The van der Waals surface area contributed by atoms with Gasteiger partial charge in [0, 0.05) is 30.1 Å². The Morgan fingerprint density at radius 2 is 1.57 bits per heavy atom. The molecule has 0 spiro atoms. The summed E-state index contributed by atoms with van der Waals surface area (Å²) in [7, 11) is 0. The average Bonchev–Trinajstić information content (AvgIpc) is 3.60. The number of hydrogen-bond acceptors (Lipinski definition) is 4. The number of hydrogen-bond donors (Lipinski definition) is 0. The van der Waals surface area contributed by atoms with Crippen molar-refractivity contribution in [2.24, 2.45) is 0 Å². The van der Waals surface area contributed by atoms with Crippen molar-refractivity contribution in [3.8, 4) is 0 Å². The molecule has 0 aliphatic carbocycles. The zero-order valence-corrected chi connectivity index (χ0v) is 27.5. The number of nitrogens with zero attached hydrogens (tertiary/aromatic N) is 3. The van der Waals surface area contributed by atoms with Crippen molar-refractivity contribution in [3.63, 3.8) is 0 Å². The summed E-state index contributed by atoms with van der Waals surface area (Å²) < 4.78 is 5.23. The summed E-state index contributed by atoms with van der Waals surface area (Å²) >= 11 is 17.6. The molecule has 2 amide bonds. The Balaban J connectivity index is 1.32. The summed E-state index contributed by atoms with van der Waals surface area (Å²) in [5.74, 6) is -0.318. The number of fused-ring (bicyclic) bond motifs is 5. The lowest BCUT2D eigenvalue weighted by molar-refractivity contribution is -0.129. The van der Waals surface area contributed by atoms with Crippen molar-refractivity contribution >= 4 is 91.2 Å². The minimum Gasteiger partial charge on any atom is -0.445 e. The number of para-hydroxylation sites is 1. The molecule has 0 radical (unpaired) electrons. The van der Waals surface area contributed by atoms with E-state index in [4.69, 9.17) is 39.5 Å². The number of aromatic nitrogens is 1. The summed E-state index contributed by atoms with van der Waals surface area (Å²) in [5.41, 5.74) is 3.11. The van der Waals surface area contributed by atoms with Gasteiger partial charge >= 0.3 is 6.09 Å². The molecule has 2 atom stereocenters. The van der Waals surface area contributed by atoms with Crippen LogP contribution in [0.1, 0.15) is 46.9 Å². The maximum absolute atomic E-state index is 14.9. The van der Waals surface area contributed by atoms with Gasteiger partial charge in [0.1, 0.15) is 12.6 Å². The van der Waals surface area contributed by atoms with Crippen LogP contribution < -0.4 is 0 Å². The van der Waals surface area contributed by atoms with Crippen LogP contribution >= 0.6 is 34.8 Å². The van der Waals surface area contributed by atoms with E-state index < -0.39 is 28.6 Å². The summed E-state index contributed by atoms with van der Waals surface area (Å²) in [6.45, 7) is 3.75. The SMILES string of the molecule is C=CC[C@H]1c2c(c3ccccc3n2C(=O)[C@@H]2CCC(=O)N2Cc2c3ccccc3cc3ccccc23)C=CN1C(=O)OCC(Cl)(Cl)Cl. The Hall–Kier alpha value is -4.30. The zero-order valence-electron chi connectivity index (χ0n) is 25.2. The van der Waals surface area contributed by atoms with Gasteiger partial charge in [-0.3, -0.25) is 19.1 Å². The van der Waals surface area contributed by atoms with Crippen LogP contribution in [0.15, 0.2) is 97.7 Å². The van der Waals surface area contributed by atoms with Gasteiger partial charge in [-0.1, -0.05) is 108 Å². The van der Waals surface area contributed by atoms with Crippen LogP contribution in [0.5, 0.6) is 0 Å². The number of halogens is 3. The largest absolute Gasteiger partial charge is 0.445 e. The molecule has 10 heteroatoms. The Morgan fingerprint density at radius 3 is 2.23 bits per heavy atom. The molecule has 4 aromatic carbocycles. The summed E-state index contributed by atoms with van der Waals surface area (Å²) in [5, 5.41) is 5.08. The van der Waals surface area contributed by atoms with Crippen molar-refractivity contribution in [3.05, 3.63) is 115 Å². The standard InChI is InChI=1S/C37H30Cl3N3O4/c1-2-9-31-34-28(18-19-41(31)36(46)47-22-37(38,39)40)27-14-7-8-15-30(27)43(34)35(45)32-16-17-33(44)42(32)21-29-25-12-5-3-10-23(25)20-24-11-4-6-13-26(24)29/h2-8,10-15,18-20,31-32H,1,9,16-17,21-22H2/t31-,32-/m0/s1. The van der Waals surface area contributed by atoms with Crippen LogP contribution in [0.2, 0.25) is 0 Å². The maximum Gasteiger partial charge on any atom is 0.414 e. The minimum absolute atomic E-state index is 0.0786. The maximum atomic E-state index is 14.9. The molecule has 1 fully saturated rings. The number of rotatable bonds is 6. The highest BCUT2D eigenvalue weighted by Crippen LogP contribution is 2.41. The predicted octanol–water partition coefficient (Wildman–Crippen LogP) is 9.19. The second kappa shape index (κ2) is 12.4. The molecule has 2 aliphatic heterocycles. The molecule has 7 nitrogen and oxygen atoms in total. The van der Waals surface area contributed by atoms with Crippen LogP contribution in [0.3, 0.4) is 0 Å². The Morgan fingerprint density at radius 1 is 0.936 bits per heavy atom. The molecule has 238 valence electrons. The second-order valence-electron chi connectivity index (χ2n) is 11.8. The van der Waals surface area contributed by atoms with Crippen LogP contribution in [0.4, 0.5) is 4.79 Å². The van der Waals surface area contributed by atoms with Gasteiger partial charge in [0.15, 0.2) is 0 Å². The number of carbonyl (C=O) groups is 3. The first kappa shape index (κ1) is 31.3. The molecule has 1 saturated heterocycles. The Bertz CT molecular complexity index is 2060. The van der Waals surface area contributed by atoms with E-state index in [9.17, 15) is 14.4 Å². The van der Waals surface area contributed by atoms with Crippen molar-refractivity contribution in [1.29, 1.82) is 0 Å². The number of amides is 2. The molecule has 0 saturated carbocycles. The van der Waals surface area contributed by atoms with Gasteiger partial charge in [-0.05, 0) is 58.2 Å². The molecule has 3 heterocycles. The molecule has 47 heavy (non-hydrogen) atoms. The van der Waals surface area contributed by atoms with Crippen molar-refractivity contribution in [1.82, 2.24) is 14.4 Å². The lowest BCUT2D eigenvalue weighted by atomic mass is 9.96. The normalized spacial score (nSPS) is 17.9. The highest BCUT2D eigenvalue weighted by Gasteiger charge is 2.41. The van der Waals surface area contributed by atoms with Gasteiger partial charge in [0.05, 0.1) is 17.3 Å². The van der Waals surface area contributed by atoms with Crippen LogP contribution in [0.25, 0.3) is 38.5 Å². The van der Waals surface area contributed by atoms with Gasteiger partial charge in [-0.2, -0.15) is 0 Å². The second-order valence-corrected chi connectivity index (χ2v) is 14.3. The van der Waals surface area contributed by atoms with Gasteiger partial charge in [-0.15, -0.1) is 6.58 Å². The third kappa shape index (κ3) is 5.67. The Labute approximate surface area is 286 Å². The van der Waals surface area contributed by atoms with E-state index in [-0.39, 0.29) is 24.8 Å². The molecular weight excluding hydrogens is 657 g/mol. The van der Waals surface area contributed by atoms with Crippen molar-refractivity contribution in [2.45, 2.75) is 41.7 Å². The summed E-state index contributed by atoms with van der Waals surface area (Å²) in [6, 6.07) is 24.6. The molecule has 5 aromatic rings. The fraction of sp³-hybridized carbons (Fsp3) is 0.216. The van der Waals surface area contributed by atoms with E-state index in [1.165, 1.54) is 4.90 Å². The van der Waals surface area contributed by atoms with Gasteiger partial charge in [-0.25, -0.2) is 4.79 Å². The minimum atomic E-state index is -1.78. The molecule has 0 bridgehead atoms. The van der Waals surface area contributed by atoms with Crippen LogP contribution in [0, 0.1) is 0 Å². The molecule has 1 aromatic heterocycles. The molecule has 7 rings (SSSR count). The third-order valence-corrected chi connectivity index (χ3v) is 9.34. The number of likely N-dealkylation sites (tertiary alicyclic amines) is 1. The quantitative estimate of drug-likeness (QED) is 0.101. The molecular formula is C37H30Cl3N3O4.